The number of fused-ring (bicyclic) bond motifs is 1. The van der Waals surface area contributed by atoms with Crippen LogP contribution in [0.5, 0.6) is 0 Å². The van der Waals surface area contributed by atoms with Gasteiger partial charge in [-0.05, 0) is 6.42 Å². The number of carboxylic acids is 1. The predicted octanol–water partition coefficient (Wildman–Crippen LogP) is 1.29. The maximum Gasteiger partial charge on any atom is 0.357 e. The topological polar surface area (TPSA) is 67.2 Å². The van der Waals surface area contributed by atoms with Gasteiger partial charge in [0, 0.05) is 12.6 Å². The van der Waals surface area contributed by atoms with E-state index < -0.39 is 5.97 Å². The summed E-state index contributed by atoms with van der Waals surface area (Å²) in [5.74, 6) is -0.368. The summed E-state index contributed by atoms with van der Waals surface area (Å²) in [4.78, 5) is 14.9. The van der Waals surface area contributed by atoms with Crippen molar-refractivity contribution in [1.82, 2.24) is 14.9 Å². The van der Waals surface area contributed by atoms with Gasteiger partial charge in [0.15, 0.2) is 5.69 Å². The normalized spacial score (nSPS) is 20.0. The SMILES string of the molecule is CCC1CNCc2nc(C(=O)O)c(Cl)n21. The van der Waals surface area contributed by atoms with E-state index in [-0.39, 0.29) is 16.9 Å². The molecule has 0 saturated carbocycles. The third-order valence-electron chi connectivity index (χ3n) is 2.63. The molecule has 1 atom stereocenters. The van der Waals surface area contributed by atoms with Crippen molar-refractivity contribution in [3.63, 3.8) is 0 Å². The van der Waals surface area contributed by atoms with E-state index in [1.165, 1.54) is 0 Å². The van der Waals surface area contributed by atoms with Crippen LogP contribution in [0.4, 0.5) is 0 Å². The molecule has 6 heteroatoms. The van der Waals surface area contributed by atoms with Gasteiger partial charge in [-0.1, -0.05) is 18.5 Å². The summed E-state index contributed by atoms with van der Waals surface area (Å²) in [7, 11) is 0. The minimum atomic E-state index is -1.07. The van der Waals surface area contributed by atoms with Gasteiger partial charge in [-0.25, -0.2) is 9.78 Å². The average Bonchev–Trinajstić information content (AvgIpc) is 2.56. The van der Waals surface area contributed by atoms with Crippen LogP contribution >= 0.6 is 11.6 Å². The van der Waals surface area contributed by atoms with Crippen LogP contribution in [0.25, 0.3) is 0 Å². The molecule has 0 radical (unpaired) electrons. The first-order valence-electron chi connectivity index (χ1n) is 4.85. The summed E-state index contributed by atoms with van der Waals surface area (Å²) in [5, 5.41) is 12.3. The Morgan fingerprint density at radius 1 is 1.80 bits per heavy atom. The first-order chi connectivity index (χ1) is 7.15. The zero-order valence-corrected chi connectivity index (χ0v) is 9.08. The number of hydrogen-bond acceptors (Lipinski definition) is 3. The maximum absolute atomic E-state index is 10.9. The molecule has 1 aliphatic rings. The molecule has 0 spiro atoms. The molecule has 0 aliphatic carbocycles. The second-order valence-electron chi connectivity index (χ2n) is 3.54. The van der Waals surface area contributed by atoms with E-state index in [2.05, 4.69) is 10.3 Å². The molecule has 0 bridgehead atoms. The number of nitrogens with one attached hydrogen (secondary N) is 1. The van der Waals surface area contributed by atoms with Crippen LogP contribution in [0.3, 0.4) is 0 Å². The lowest BCUT2D eigenvalue weighted by Gasteiger charge is -2.25. The number of halogens is 1. The summed E-state index contributed by atoms with van der Waals surface area (Å²) in [6.07, 6.45) is 0.898. The fraction of sp³-hybridized carbons (Fsp3) is 0.556. The third-order valence-corrected chi connectivity index (χ3v) is 2.99. The van der Waals surface area contributed by atoms with Gasteiger partial charge in [-0.3, -0.25) is 0 Å². The van der Waals surface area contributed by atoms with Crippen LogP contribution in [-0.4, -0.2) is 27.2 Å². The van der Waals surface area contributed by atoms with Gasteiger partial charge in [-0.2, -0.15) is 0 Å². The van der Waals surface area contributed by atoms with Gasteiger partial charge in [0.1, 0.15) is 11.0 Å². The molecule has 1 unspecified atom stereocenters. The van der Waals surface area contributed by atoms with Crippen LogP contribution in [0.15, 0.2) is 0 Å². The standard InChI is InChI=1S/C9H12ClN3O2/c1-2-5-3-11-4-6-12-7(9(14)15)8(10)13(5)6/h5,11H,2-4H2,1H3,(H,14,15). The summed E-state index contributed by atoms with van der Waals surface area (Å²) in [5.41, 5.74) is -0.0474. The second-order valence-corrected chi connectivity index (χ2v) is 3.89. The Bertz CT molecular complexity index is 402. The van der Waals surface area contributed by atoms with Crippen molar-refractivity contribution in [1.29, 1.82) is 0 Å². The summed E-state index contributed by atoms with van der Waals surface area (Å²) in [6.45, 7) is 3.42. The number of hydrogen-bond donors (Lipinski definition) is 2. The van der Waals surface area contributed by atoms with Gasteiger partial charge in [0.2, 0.25) is 0 Å². The molecule has 1 aromatic rings. The molecule has 0 amide bonds. The third kappa shape index (κ3) is 1.61. The zero-order valence-electron chi connectivity index (χ0n) is 8.33. The van der Waals surface area contributed by atoms with E-state index in [0.29, 0.717) is 12.4 Å². The van der Waals surface area contributed by atoms with Crippen molar-refractivity contribution in [2.45, 2.75) is 25.9 Å². The predicted molar refractivity (Wildman–Crippen MR) is 55.2 cm³/mol. The Hall–Kier alpha value is -1.07. The zero-order chi connectivity index (χ0) is 11.0. The molecule has 82 valence electrons. The molecule has 2 heterocycles. The molecule has 5 nitrogen and oxygen atoms in total. The van der Waals surface area contributed by atoms with E-state index in [9.17, 15) is 4.79 Å². The molecule has 2 rings (SSSR count). The lowest BCUT2D eigenvalue weighted by atomic mass is 10.2. The highest BCUT2D eigenvalue weighted by Gasteiger charge is 2.27. The molecule has 0 saturated heterocycles. The van der Waals surface area contributed by atoms with Gasteiger partial charge in [-0.15, -0.1) is 0 Å². The van der Waals surface area contributed by atoms with Crippen LogP contribution in [0, 0.1) is 0 Å². The Kier molecular flexibility index (Phi) is 2.67. The van der Waals surface area contributed by atoms with Crippen molar-refractivity contribution in [2.24, 2.45) is 0 Å². The highest BCUT2D eigenvalue weighted by Crippen LogP contribution is 2.27. The van der Waals surface area contributed by atoms with E-state index in [1.807, 2.05) is 11.5 Å². The highest BCUT2D eigenvalue weighted by molar-refractivity contribution is 6.32. The fourth-order valence-corrected chi connectivity index (χ4v) is 2.22. The summed E-state index contributed by atoms with van der Waals surface area (Å²) < 4.78 is 1.82. The molecular formula is C9H12ClN3O2. The number of aromatic carboxylic acids is 1. The molecule has 1 aliphatic heterocycles. The Balaban J connectivity index is 2.51. The molecule has 0 aromatic carbocycles. The number of imidazole rings is 1. The van der Waals surface area contributed by atoms with Crippen LogP contribution in [-0.2, 0) is 6.54 Å². The number of aromatic nitrogens is 2. The van der Waals surface area contributed by atoms with Crippen molar-refractivity contribution < 1.29 is 9.90 Å². The number of carbonyl (C=O) groups is 1. The highest BCUT2D eigenvalue weighted by atomic mass is 35.5. The van der Waals surface area contributed by atoms with Crippen molar-refractivity contribution in [3.05, 3.63) is 16.7 Å². The van der Waals surface area contributed by atoms with Crippen LogP contribution in [0.1, 0.15) is 35.7 Å². The molecule has 1 aromatic heterocycles. The van der Waals surface area contributed by atoms with E-state index in [4.69, 9.17) is 16.7 Å². The van der Waals surface area contributed by atoms with Crippen LogP contribution in [0.2, 0.25) is 5.15 Å². The van der Waals surface area contributed by atoms with Gasteiger partial charge in [0.05, 0.1) is 6.54 Å². The molecule has 2 N–H and O–H groups in total. The van der Waals surface area contributed by atoms with Crippen molar-refractivity contribution in [3.8, 4) is 0 Å². The smallest absolute Gasteiger partial charge is 0.357 e. The molecular weight excluding hydrogens is 218 g/mol. The Morgan fingerprint density at radius 3 is 3.13 bits per heavy atom. The summed E-state index contributed by atoms with van der Waals surface area (Å²) >= 11 is 6.00. The van der Waals surface area contributed by atoms with Gasteiger partial charge >= 0.3 is 5.97 Å². The quantitative estimate of drug-likeness (QED) is 0.802. The monoisotopic (exact) mass is 229 g/mol. The number of nitrogens with zero attached hydrogens (tertiary/aromatic N) is 2. The summed E-state index contributed by atoms with van der Waals surface area (Å²) in [6, 6.07) is 0.196. The molecule has 15 heavy (non-hydrogen) atoms. The largest absolute Gasteiger partial charge is 0.476 e. The first kappa shape index (κ1) is 10.4. The van der Waals surface area contributed by atoms with Crippen molar-refractivity contribution in [2.75, 3.05) is 6.54 Å². The minimum absolute atomic E-state index is 0.0474. The second kappa shape index (κ2) is 3.83. The lowest BCUT2D eigenvalue weighted by molar-refractivity contribution is 0.0691. The number of carboxylic acid groups (broad SMARTS) is 1. The van der Waals surface area contributed by atoms with E-state index in [0.717, 1.165) is 13.0 Å². The first-order valence-corrected chi connectivity index (χ1v) is 5.23. The fourth-order valence-electron chi connectivity index (χ4n) is 1.86. The average molecular weight is 230 g/mol. The lowest BCUT2D eigenvalue weighted by Crippen LogP contribution is -2.32. The van der Waals surface area contributed by atoms with Crippen LogP contribution < -0.4 is 5.32 Å². The Labute approximate surface area is 92.1 Å². The maximum atomic E-state index is 10.9. The minimum Gasteiger partial charge on any atom is -0.476 e. The van der Waals surface area contributed by atoms with Gasteiger partial charge in [0.25, 0.3) is 0 Å². The van der Waals surface area contributed by atoms with Gasteiger partial charge < -0.3 is 15.0 Å². The van der Waals surface area contributed by atoms with E-state index in [1.54, 1.807) is 0 Å². The van der Waals surface area contributed by atoms with E-state index >= 15 is 0 Å². The Morgan fingerprint density at radius 2 is 2.53 bits per heavy atom. The number of rotatable bonds is 2. The van der Waals surface area contributed by atoms with Crippen molar-refractivity contribution >= 4 is 17.6 Å². The molecule has 0 fully saturated rings.